The number of nitrogens with two attached hydrogens (primary N) is 1. The summed E-state index contributed by atoms with van der Waals surface area (Å²) in [4.78, 5) is 9.65. The van der Waals surface area contributed by atoms with Gasteiger partial charge in [0.1, 0.15) is 11.6 Å². The van der Waals surface area contributed by atoms with Gasteiger partial charge in [0, 0.05) is 13.1 Å². The maximum absolute atomic E-state index is 5.90. The lowest BCUT2D eigenvalue weighted by molar-refractivity contribution is 0.861. The van der Waals surface area contributed by atoms with Crippen LogP contribution >= 0.6 is 0 Å². The van der Waals surface area contributed by atoms with Gasteiger partial charge in [-0.25, -0.2) is 4.98 Å². The summed E-state index contributed by atoms with van der Waals surface area (Å²) in [6.07, 6.45) is 0. The molecule has 2 heterocycles. The SMILES string of the molecule is Cc1nc(N2Cc3ccccc3C2)c(N)[nH]1. The predicted octanol–water partition coefficient (Wildman–Crippen LogP) is 1.82. The van der Waals surface area contributed by atoms with Crippen molar-refractivity contribution in [1.29, 1.82) is 0 Å². The minimum absolute atomic E-state index is 0.658. The highest BCUT2D eigenvalue weighted by Crippen LogP contribution is 2.29. The highest BCUT2D eigenvalue weighted by Gasteiger charge is 2.22. The van der Waals surface area contributed by atoms with Crippen LogP contribution < -0.4 is 10.6 Å². The van der Waals surface area contributed by atoms with Crippen molar-refractivity contribution in [1.82, 2.24) is 9.97 Å². The molecular weight excluding hydrogens is 200 g/mol. The van der Waals surface area contributed by atoms with E-state index in [0.29, 0.717) is 5.82 Å². The maximum atomic E-state index is 5.90. The molecule has 0 aliphatic carbocycles. The molecule has 82 valence electrons. The van der Waals surface area contributed by atoms with E-state index in [1.54, 1.807) is 0 Å². The van der Waals surface area contributed by atoms with Crippen LogP contribution in [0.3, 0.4) is 0 Å². The molecule has 4 nitrogen and oxygen atoms in total. The summed E-state index contributed by atoms with van der Waals surface area (Å²) in [7, 11) is 0. The molecule has 0 unspecified atom stereocenters. The van der Waals surface area contributed by atoms with Crippen molar-refractivity contribution in [3.63, 3.8) is 0 Å². The van der Waals surface area contributed by atoms with E-state index >= 15 is 0 Å². The number of H-pyrrole nitrogens is 1. The highest BCUT2D eigenvalue weighted by atomic mass is 15.2. The number of aromatic amines is 1. The number of imidazole rings is 1. The smallest absolute Gasteiger partial charge is 0.171 e. The third-order valence-corrected chi connectivity index (χ3v) is 2.97. The number of nitrogens with one attached hydrogen (secondary N) is 1. The summed E-state index contributed by atoms with van der Waals surface area (Å²) in [6, 6.07) is 8.46. The standard InChI is InChI=1S/C12H14N4/c1-8-14-11(13)12(15-8)16-6-9-4-2-3-5-10(9)7-16/h2-5H,6-7,13H2,1H3,(H,14,15). The van der Waals surface area contributed by atoms with Gasteiger partial charge in [0.2, 0.25) is 0 Å². The van der Waals surface area contributed by atoms with Crippen LogP contribution in [0.5, 0.6) is 0 Å². The van der Waals surface area contributed by atoms with Gasteiger partial charge in [0.25, 0.3) is 0 Å². The molecule has 0 saturated heterocycles. The largest absolute Gasteiger partial charge is 0.382 e. The third-order valence-electron chi connectivity index (χ3n) is 2.97. The Bertz CT molecular complexity index is 505. The normalized spacial score (nSPS) is 14.2. The molecule has 0 spiro atoms. The molecule has 1 aromatic carbocycles. The Kier molecular flexibility index (Phi) is 1.89. The quantitative estimate of drug-likeness (QED) is 0.761. The van der Waals surface area contributed by atoms with Crippen LogP contribution in [0, 0.1) is 6.92 Å². The van der Waals surface area contributed by atoms with Crippen molar-refractivity contribution >= 4 is 11.6 Å². The second-order valence-electron chi connectivity index (χ2n) is 4.18. The van der Waals surface area contributed by atoms with Crippen molar-refractivity contribution in [3.8, 4) is 0 Å². The van der Waals surface area contributed by atoms with Crippen LogP contribution in [0.2, 0.25) is 0 Å². The lowest BCUT2D eigenvalue weighted by Gasteiger charge is -2.14. The average molecular weight is 214 g/mol. The molecule has 3 rings (SSSR count). The summed E-state index contributed by atoms with van der Waals surface area (Å²) in [6.45, 7) is 3.71. The fraction of sp³-hybridized carbons (Fsp3) is 0.250. The average Bonchev–Trinajstić information content (AvgIpc) is 2.81. The van der Waals surface area contributed by atoms with E-state index in [2.05, 4.69) is 39.1 Å². The van der Waals surface area contributed by atoms with Crippen LogP contribution in [0.15, 0.2) is 24.3 Å². The van der Waals surface area contributed by atoms with Gasteiger partial charge >= 0.3 is 0 Å². The molecule has 0 saturated carbocycles. The zero-order valence-electron chi connectivity index (χ0n) is 9.20. The second-order valence-corrected chi connectivity index (χ2v) is 4.18. The summed E-state index contributed by atoms with van der Waals surface area (Å²) < 4.78 is 0. The summed E-state index contributed by atoms with van der Waals surface area (Å²) in [5, 5.41) is 0. The Morgan fingerprint density at radius 1 is 1.25 bits per heavy atom. The predicted molar refractivity (Wildman–Crippen MR) is 64.1 cm³/mol. The van der Waals surface area contributed by atoms with Crippen molar-refractivity contribution in [2.24, 2.45) is 0 Å². The Hall–Kier alpha value is -1.97. The van der Waals surface area contributed by atoms with Gasteiger partial charge in [-0.15, -0.1) is 0 Å². The molecule has 1 aliphatic heterocycles. The Morgan fingerprint density at radius 3 is 2.38 bits per heavy atom. The van der Waals surface area contributed by atoms with Gasteiger partial charge in [-0.1, -0.05) is 24.3 Å². The Balaban J connectivity index is 1.94. The van der Waals surface area contributed by atoms with Gasteiger partial charge in [-0.2, -0.15) is 0 Å². The van der Waals surface area contributed by atoms with E-state index in [0.717, 1.165) is 24.7 Å². The first-order valence-electron chi connectivity index (χ1n) is 5.38. The third kappa shape index (κ3) is 1.34. The van der Waals surface area contributed by atoms with E-state index in [9.17, 15) is 0 Å². The van der Waals surface area contributed by atoms with Crippen LogP contribution in [0.1, 0.15) is 17.0 Å². The van der Waals surface area contributed by atoms with Crippen LogP contribution in [0.25, 0.3) is 0 Å². The van der Waals surface area contributed by atoms with Crippen LogP contribution in [-0.4, -0.2) is 9.97 Å². The fourth-order valence-electron chi connectivity index (χ4n) is 2.22. The minimum atomic E-state index is 0.658. The topological polar surface area (TPSA) is 57.9 Å². The zero-order valence-corrected chi connectivity index (χ0v) is 9.20. The van der Waals surface area contributed by atoms with E-state index < -0.39 is 0 Å². The van der Waals surface area contributed by atoms with E-state index in [1.165, 1.54) is 11.1 Å². The maximum Gasteiger partial charge on any atom is 0.171 e. The molecule has 16 heavy (non-hydrogen) atoms. The fourth-order valence-corrected chi connectivity index (χ4v) is 2.22. The number of rotatable bonds is 1. The monoisotopic (exact) mass is 214 g/mol. The van der Waals surface area contributed by atoms with Crippen LogP contribution in [0.4, 0.5) is 11.6 Å². The van der Waals surface area contributed by atoms with Crippen molar-refractivity contribution in [2.75, 3.05) is 10.6 Å². The number of anilines is 2. The first-order valence-corrected chi connectivity index (χ1v) is 5.38. The number of hydrogen-bond acceptors (Lipinski definition) is 3. The molecule has 1 aliphatic rings. The van der Waals surface area contributed by atoms with E-state index in [4.69, 9.17) is 5.73 Å². The van der Waals surface area contributed by atoms with Gasteiger partial charge in [0.05, 0.1) is 0 Å². The molecular formula is C12H14N4. The number of benzene rings is 1. The van der Waals surface area contributed by atoms with E-state index in [-0.39, 0.29) is 0 Å². The minimum Gasteiger partial charge on any atom is -0.382 e. The first-order chi connectivity index (χ1) is 7.74. The molecule has 2 aromatic rings. The second kappa shape index (κ2) is 3.27. The lowest BCUT2D eigenvalue weighted by Crippen LogP contribution is -2.16. The molecule has 0 fully saturated rings. The molecule has 0 amide bonds. The van der Waals surface area contributed by atoms with Gasteiger partial charge in [-0.3, -0.25) is 0 Å². The zero-order chi connectivity index (χ0) is 11.1. The summed E-state index contributed by atoms with van der Waals surface area (Å²) in [5.74, 6) is 2.39. The molecule has 4 heteroatoms. The molecule has 0 atom stereocenters. The Morgan fingerprint density at radius 2 is 1.88 bits per heavy atom. The molecule has 3 N–H and O–H groups in total. The van der Waals surface area contributed by atoms with Gasteiger partial charge in [-0.05, 0) is 18.1 Å². The van der Waals surface area contributed by atoms with Crippen molar-refractivity contribution in [3.05, 3.63) is 41.2 Å². The summed E-state index contributed by atoms with van der Waals surface area (Å²) >= 11 is 0. The molecule has 0 radical (unpaired) electrons. The van der Waals surface area contributed by atoms with Gasteiger partial charge < -0.3 is 15.6 Å². The number of aromatic nitrogens is 2. The number of hydrogen-bond donors (Lipinski definition) is 2. The van der Waals surface area contributed by atoms with E-state index in [1.807, 2.05) is 6.92 Å². The lowest BCUT2D eigenvalue weighted by atomic mass is 10.1. The molecule has 1 aromatic heterocycles. The van der Waals surface area contributed by atoms with Crippen LogP contribution in [-0.2, 0) is 13.1 Å². The van der Waals surface area contributed by atoms with Crippen molar-refractivity contribution < 1.29 is 0 Å². The Labute approximate surface area is 94.1 Å². The number of nitrogen functional groups attached to an aromatic ring is 1. The first kappa shape index (κ1) is 9.27. The highest BCUT2D eigenvalue weighted by molar-refractivity contribution is 5.61. The van der Waals surface area contributed by atoms with Crippen molar-refractivity contribution in [2.45, 2.75) is 20.0 Å². The summed E-state index contributed by atoms with van der Waals surface area (Å²) in [5.41, 5.74) is 8.62. The number of aryl methyl sites for hydroxylation is 1. The number of nitrogens with zero attached hydrogens (tertiary/aromatic N) is 2. The van der Waals surface area contributed by atoms with Gasteiger partial charge in [0.15, 0.2) is 5.82 Å². The molecule has 0 bridgehead atoms. The number of fused-ring (bicyclic) bond motifs is 1.